The molecule has 3 amide bonds. The molecule has 40 heavy (non-hydrogen) atoms. The largest absolute Gasteiger partial charge is 0.390 e. The van der Waals surface area contributed by atoms with Crippen LogP contribution in [0.15, 0.2) is 54.6 Å². The monoisotopic (exact) mass is 545 g/mol. The van der Waals surface area contributed by atoms with Gasteiger partial charge in [0.25, 0.3) is 11.8 Å². The lowest BCUT2D eigenvalue weighted by Crippen LogP contribution is -2.57. The third-order valence-electron chi connectivity index (χ3n) is 8.87. The maximum absolute atomic E-state index is 13.5. The van der Waals surface area contributed by atoms with Crippen LogP contribution in [0.5, 0.6) is 0 Å². The van der Waals surface area contributed by atoms with Gasteiger partial charge >= 0.3 is 0 Å². The maximum Gasteiger partial charge on any atom is 0.261 e. The summed E-state index contributed by atoms with van der Waals surface area (Å²) in [5, 5.41) is 15.0. The van der Waals surface area contributed by atoms with Crippen molar-refractivity contribution in [2.45, 2.75) is 89.4 Å². The third kappa shape index (κ3) is 6.31. The van der Waals surface area contributed by atoms with Crippen LogP contribution in [0.3, 0.4) is 0 Å². The summed E-state index contributed by atoms with van der Waals surface area (Å²) in [5.41, 5.74) is 1.42. The van der Waals surface area contributed by atoms with E-state index in [2.05, 4.69) is 10.2 Å². The number of nitrogens with zero attached hydrogens (tertiary/aromatic N) is 2. The van der Waals surface area contributed by atoms with Crippen LogP contribution in [-0.2, 0) is 11.2 Å². The van der Waals surface area contributed by atoms with Gasteiger partial charge in [0.2, 0.25) is 5.91 Å². The molecule has 2 aromatic rings. The summed E-state index contributed by atoms with van der Waals surface area (Å²) in [5.74, 6) is 0.466. The molecule has 0 unspecified atom stereocenters. The first-order chi connectivity index (χ1) is 19.1. The molecule has 0 spiro atoms. The number of aliphatic hydroxyl groups is 1. The highest BCUT2D eigenvalue weighted by atomic mass is 16.3. The van der Waals surface area contributed by atoms with Gasteiger partial charge in [-0.2, -0.15) is 0 Å². The van der Waals surface area contributed by atoms with Gasteiger partial charge in [0.15, 0.2) is 0 Å². The molecule has 5 rings (SSSR count). The SMILES string of the molecule is CC(C)(C)NC(=O)C[C@@H]1C[C@@H]2CCCC[C@@H]2CN1C[C@@H](O)[C@H](Cc1ccccc1)N1C(=O)c2ccccc2C1=O. The molecule has 214 valence electrons. The Balaban J connectivity index is 1.40. The van der Waals surface area contributed by atoms with Gasteiger partial charge in [0, 0.05) is 31.1 Å². The Morgan fingerprint density at radius 2 is 1.55 bits per heavy atom. The number of amides is 3. The Morgan fingerprint density at radius 1 is 0.950 bits per heavy atom. The minimum absolute atomic E-state index is 0.0101. The first kappa shape index (κ1) is 28.5. The van der Waals surface area contributed by atoms with E-state index in [1.165, 1.54) is 30.6 Å². The van der Waals surface area contributed by atoms with E-state index in [1.54, 1.807) is 24.3 Å². The van der Waals surface area contributed by atoms with Crippen molar-refractivity contribution in [3.63, 3.8) is 0 Å². The smallest absolute Gasteiger partial charge is 0.261 e. The molecule has 2 N–H and O–H groups in total. The van der Waals surface area contributed by atoms with Crippen LogP contribution in [0, 0.1) is 11.8 Å². The summed E-state index contributed by atoms with van der Waals surface area (Å²) < 4.78 is 0. The Kier molecular flexibility index (Phi) is 8.43. The highest BCUT2D eigenvalue weighted by Crippen LogP contribution is 2.40. The molecular weight excluding hydrogens is 502 g/mol. The zero-order valence-corrected chi connectivity index (χ0v) is 24.0. The minimum Gasteiger partial charge on any atom is -0.390 e. The number of fused-ring (bicyclic) bond motifs is 2. The Bertz CT molecular complexity index is 1190. The Hall–Kier alpha value is -3.03. The van der Waals surface area contributed by atoms with Crippen LogP contribution in [0.4, 0.5) is 0 Å². The van der Waals surface area contributed by atoms with Crippen molar-refractivity contribution < 1.29 is 19.5 Å². The lowest BCUT2D eigenvalue weighted by Gasteiger charge is -2.47. The molecule has 0 bridgehead atoms. The fourth-order valence-electron chi connectivity index (χ4n) is 7.03. The second kappa shape index (κ2) is 11.8. The molecule has 2 aromatic carbocycles. The van der Waals surface area contributed by atoms with E-state index in [0.717, 1.165) is 18.5 Å². The van der Waals surface area contributed by atoms with E-state index in [9.17, 15) is 19.5 Å². The van der Waals surface area contributed by atoms with Crippen LogP contribution < -0.4 is 5.32 Å². The fraction of sp³-hybridized carbons (Fsp3) is 0.545. The maximum atomic E-state index is 13.5. The number of benzene rings is 2. The number of aliphatic hydroxyl groups excluding tert-OH is 1. The predicted octanol–water partition coefficient (Wildman–Crippen LogP) is 4.44. The molecule has 2 fully saturated rings. The Labute approximate surface area is 237 Å². The molecule has 3 aliphatic rings. The summed E-state index contributed by atoms with van der Waals surface area (Å²) >= 11 is 0. The van der Waals surface area contributed by atoms with Crippen molar-refractivity contribution in [3.05, 3.63) is 71.3 Å². The lowest BCUT2D eigenvalue weighted by atomic mass is 9.72. The van der Waals surface area contributed by atoms with Gasteiger partial charge in [-0.25, -0.2) is 0 Å². The number of β-amino-alcohol motifs (C(OH)–C–C–N with tert-alkyl or cyclic N) is 1. The number of rotatable bonds is 8. The van der Waals surface area contributed by atoms with E-state index >= 15 is 0 Å². The van der Waals surface area contributed by atoms with E-state index in [1.807, 2.05) is 51.1 Å². The number of piperidine rings is 1. The van der Waals surface area contributed by atoms with Gasteiger partial charge in [-0.05, 0) is 69.6 Å². The van der Waals surface area contributed by atoms with Crippen molar-refractivity contribution in [2.75, 3.05) is 13.1 Å². The van der Waals surface area contributed by atoms with Crippen LogP contribution in [0.1, 0.15) is 85.6 Å². The number of hydrogen-bond acceptors (Lipinski definition) is 5. The van der Waals surface area contributed by atoms with Crippen molar-refractivity contribution >= 4 is 17.7 Å². The molecule has 1 aliphatic carbocycles. The number of carbonyl (C=O) groups is 3. The van der Waals surface area contributed by atoms with E-state index in [-0.39, 0.29) is 29.3 Å². The van der Waals surface area contributed by atoms with Crippen LogP contribution in [0.25, 0.3) is 0 Å². The number of nitrogens with one attached hydrogen (secondary N) is 1. The number of imide groups is 1. The van der Waals surface area contributed by atoms with Crippen LogP contribution >= 0.6 is 0 Å². The highest BCUT2D eigenvalue weighted by Gasteiger charge is 2.44. The van der Waals surface area contributed by atoms with Gasteiger partial charge in [0.05, 0.1) is 23.3 Å². The zero-order chi connectivity index (χ0) is 28.4. The summed E-state index contributed by atoms with van der Waals surface area (Å²) in [7, 11) is 0. The average molecular weight is 546 g/mol. The van der Waals surface area contributed by atoms with Crippen molar-refractivity contribution in [1.29, 1.82) is 0 Å². The standard InChI is InChI=1S/C33H43N3O4/c1-33(2,3)34-30(38)19-25-18-23-13-7-8-14-24(23)20-35(25)21-29(37)28(17-22-11-5-4-6-12-22)36-31(39)26-15-9-10-16-27(26)32(36)40/h4-6,9-12,15-16,23-25,28-29,37H,7-8,13-14,17-21H2,1-3H3,(H,34,38)/t23-,24+,25-,28-,29+/m0/s1. The van der Waals surface area contributed by atoms with Crippen molar-refractivity contribution in [3.8, 4) is 0 Å². The quantitative estimate of drug-likeness (QED) is 0.479. The van der Waals surface area contributed by atoms with Gasteiger partial charge in [-0.3, -0.25) is 24.2 Å². The molecule has 0 radical (unpaired) electrons. The average Bonchev–Trinajstić information content (AvgIpc) is 3.16. The second-order valence-electron chi connectivity index (χ2n) is 13.0. The molecular formula is C33H43N3O4. The van der Waals surface area contributed by atoms with Crippen LogP contribution in [0.2, 0.25) is 0 Å². The fourth-order valence-corrected chi connectivity index (χ4v) is 7.03. The third-order valence-corrected chi connectivity index (χ3v) is 8.87. The van der Waals surface area contributed by atoms with Crippen molar-refractivity contribution in [2.24, 2.45) is 11.8 Å². The van der Waals surface area contributed by atoms with Gasteiger partial charge in [-0.1, -0.05) is 61.7 Å². The molecule has 7 heteroatoms. The molecule has 2 heterocycles. The highest BCUT2D eigenvalue weighted by molar-refractivity contribution is 6.21. The first-order valence-corrected chi connectivity index (χ1v) is 14.8. The van der Waals surface area contributed by atoms with Gasteiger partial charge in [0.1, 0.15) is 0 Å². The first-order valence-electron chi connectivity index (χ1n) is 14.8. The molecule has 2 aliphatic heterocycles. The minimum atomic E-state index is -0.962. The normalized spacial score (nSPS) is 24.8. The summed E-state index contributed by atoms with van der Waals surface area (Å²) in [6.07, 6.45) is 5.55. The number of hydrogen-bond donors (Lipinski definition) is 2. The molecule has 1 saturated carbocycles. The molecule has 0 aromatic heterocycles. The summed E-state index contributed by atoms with van der Waals surface area (Å²) in [6.45, 7) is 7.10. The topological polar surface area (TPSA) is 90.0 Å². The summed E-state index contributed by atoms with van der Waals surface area (Å²) in [6, 6.07) is 15.9. The van der Waals surface area contributed by atoms with E-state index in [0.29, 0.717) is 42.3 Å². The lowest BCUT2D eigenvalue weighted by molar-refractivity contribution is -0.125. The number of carbonyl (C=O) groups excluding carboxylic acids is 3. The van der Waals surface area contributed by atoms with Crippen molar-refractivity contribution in [1.82, 2.24) is 15.1 Å². The second-order valence-corrected chi connectivity index (χ2v) is 13.0. The predicted molar refractivity (Wildman–Crippen MR) is 155 cm³/mol. The van der Waals surface area contributed by atoms with Gasteiger partial charge < -0.3 is 10.4 Å². The van der Waals surface area contributed by atoms with E-state index in [4.69, 9.17) is 0 Å². The zero-order valence-electron chi connectivity index (χ0n) is 24.0. The van der Waals surface area contributed by atoms with E-state index < -0.39 is 12.1 Å². The van der Waals surface area contributed by atoms with Gasteiger partial charge in [-0.15, -0.1) is 0 Å². The Morgan fingerprint density at radius 3 is 2.17 bits per heavy atom. The molecule has 7 nitrogen and oxygen atoms in total. The molecule has 5 atom stereocenters. The molecule has 1 saturated heterocycles. The van der Waals surface area contributed by atoms with Crippen LogP contribution in [-0.4, -0.2) is 69.4 Å². The summed E-state index contributed by atoms with van der Waals surface area (Å²) in [4.78, 5) is 43.6. The number of likely N-dealkylation sites (tertiary alicyclic amines) is 1.